The normalized spacial score (nSPS) is 10.6. The van der Waals surface area contributed by atoms with E-state index in [9.17, 15) is 14.0 Å². The quantitative estimate of drug-likeness (QED) is 0.252. The van der Waals surface area contributed by atoms with Crippen molar-refractivity contribution in [1.29, 1.82) is 0 Å². The third-order valence-corrected chi connectivity index (χ3v) is 5.85. The Morgan fingerprint density at radius 2 is 1.71 bits per heavy atom. The summed E-state index contributed by atoms with van der Waals surface area (Å²) < 4.78 is 20.3. The lowest BCUT2D eigenvalue weighted by Gasteiger charge is -2.12. The van der Waals surface area contributed by atoms with Crippen LogP contribution in [0.2, 0.25) is 0 Å². The fourth-order valence-electron chi connectivity index (χ4n) is 3.18. The van der Waals surface area contributed by atoms with Gasteiger partial charge in [-0.05, 0) is 48.5 Å². The second kappa shape index (κ2) is 10.7. The summed E-state index contributed by atoms with van der Waals surface area (Å²) in [7, 11) is 1.56. The molecule has 0 aliphatic carbocycles. The Balaban J connectivity index is 1.40. The first-order valence-corrected chi connectivity index (χ1v) is 11.4. The van der Waals surface area contributed by atoms with E-state index in [4.69, 9.17) is 10.6 Å². The molecule has 0 aliphatic rings. The van der Waals surface area contributed by atoms with Crippen molar-refractivity contribution < 1.29 is 18.7 Å². The Morgan fingerprint density at radius 3 is 2.46 bits per heavy atom. The molecule has 4 rings (SSSR count). The number of rotatable bonds is 8. The lowest BCUT2D eigenvalue weighted by atomic mass is 10.1. The maximum absolute atomic E-state index is 14.0. The molecule has 35 heavy (non-hydrogen) atoms. The molecular weight excluding hydrogens is 471 g/mol. The highest BCUT2D eigenvalue weighted by Crippen LogP contribution is 2.24. The molecule has 0 bridgehead atoms. The smallest absolute Gasteiger partial charge is 0.257 e. The summed E-state index contributed by atoms with van der Waals surface area (Å²) in [6.07, 6.45) is 0. The van der Waals surface area contributed by atoms with Gasteiger partial charge >= 0.3 is 0 Å². The number of hydrogen-bond donors (Lipinski definition) is 3. The third-order valence-electron chi connectivity index (χ3n) is 4.91. The van der Waals surface area contributed by atoms with Gasteiger partial charge in [-0.3, -0.25) is 9.59 Å². The van der Waals surface area contributed by atoms with Crippen LogP contribution in [0.5, 0.6) is 5.75 Å². The number of nitrogens with zero attached hydrogens (tertiary/aromatic N) is 3. The van der Waals surface area contributed by atoms with Gasteiger partial charge in [-0.25, -0.2) is 9.07 Å². The van der Waals surface area contributed by atoms with Crippen LogP contribution in [0.4, 0.5) is 15.8 Å². The molecule has 4 N–H and O–H groups in total. The summed E-state index contributed by atoms with van der Waals surface area (Å²) in [5.41, 5.74) is 1.44. The number of nitrogen functional groups attached to an aromatic ring is 1. The van der Waals surface area contributed by atoms with Crippen LogP contribution < -0.4 is 21.2 Å². The van der Waals surface area contributed by atoms with Crippen molar-refractivity contribution >= 4 is 35.0 Å². The molecule has 0 atom stereocenters. The summed E-state index contributed by atoms with van der Waals surface area (Å²) >= 11 is 1.03. The number of ether oxygens (including phenoxy) is 1. The predicted octanol–water partition coefficient (Wildman–Crippen LogP) is 3.79. The number of nitrogens with two attached hydrogens (primary N) is 1. The number of methoxy groups -OCH3 is 1. The number of carbonyl (C=O) groups is 2. The van der Waals surface area contributed by atoms with Crippen molar-refractivity contribution in [2.45, 2.75) is 5.16 Å². The van der Waals surface area contributed by atoms with Gasteiger partial charge in [-0.2, -0.15) is 0 Å². The molecule has 0 saturated carbocycles. The van der Waals surface area contributed by atoms with E-state index in [1.807, 2.05) is 0 Å². The molecule has 4 aromatic rings. The molecule has 0 saturated heterocycles. The Bertz CT molecular complexity index is 1360. The van der Waals surface area contributed by atoms with Crippen LogP contribution in [-0.2, 0) is 4.79 Å². The van der Waals surface area contributed by atoms with Gasteiger partial charge in [0.1, 0.15) is 11.6 Å². The van der Waals surface area contributed by atoms with E-state index < -0.39 is 5.82 Å². The van der Waals surface area contributed by atoms with E-state index in [0.717, 1.165) is 16.4 Å². The van der Waals surface area contributed by atoms with E-state index in [2.05, 4.69) is 20.8 Å². The van der Waals surface area contributed by atoms with Gasteiger partial charge in [-0.15, -0.1) is 10.2 Å². The summed E-state index contributed by atoms with van der Waals surface area (Å²) in [5, 5.41) is 13.6. The number of hydrogen-bond acceptors (Lipinski definition) is 7. The highest BCUT2D eigenvalue weighted by Gasteiger charge is 2.18. The van der Waals surface area contributed by atoms with Gasteiger partial charge in [0.15, 0.2) is 5.82 Å². The van der Waals surface area contributed by atoms with E-state index >= 15 is 0 Å². The lowest BCUT2D eigenvalue weighted by Crippen LogP contribution is -2.20. The van der Waals surface area contributed by atoms with Gasteiger partial charge in [0.05, 0.1) is 29.7 Å². The number of anilines is 2. The first kappa shape index (κ1) is 23.8. The van der Waals surface area contributed by atoms with Crippen molar-refractivity contribution in [3.8, 4) is 17.1 Å². The summed E-state index contributed by atoms with van der Waals surface area (Å²) in [6.45, 7) is 0. The second-order valence-corrected chi connectivity index (χ2v) is 8.16. The van der Waals surface area contributed by atoms with Gasteiger partial charge in [0, 0.05) is 5.69 Å². The van der Waals surface area contributed by atoms with Crippen LogP contribution in [0.25, 0.3) is 11.4 Å². The van der Waals surface area contributed by atoms with E-state index in [-0.39, 0.29) is 34.1 Å². The van der Waals surface area contributed by atoms with Crippen molar-refractivity contribution in [2.24, 2.45) is 0 Å². The minimum Gasteiger partial charge on any atom is -0.497 e. The van der Waals surface area contributed by atoms with Crippen LogP contribution in [0, 0.1) is 5.82 Å². The first-order valence-electron chi connectivity index (χ1n) is 10.4. The zero-order chi connectivity index (χ0) is 24.8. The monoisotopic (exact) mass is 492 g/mol. The number of nitrogens with one attached hydrogen (secondary N) is 2. The third kappa shape index (κ3) is 5.58. The molecule has 3 aromatic carbocycles. The van der Waals surface area contributed by atoms with Crippen LogP contribution in [0.3, 0.4) is 0 Å². The lowest BCUT2D eigenvalue weighted by molar-refractivity contribution is -0.113. The van der Waals surface area contributed by atoms with Gasteiger partial charge in [0.2, 0.25) is 11.1 Å². The van der Waals surface area contributed by atoms with E-state index in [0.29, 0.717) is 22.7 Å². The van der Waals surface area contributed by atoms with Crippen LogP contribution in [-0.4, -0.2) is 39.6 Å². The Hall–Kier alpha value is -4.38. The van der Waals surface area contributed by atoms with Crippen LogP contribution in [0.1, 0.15) is 10.4 Å². The molecule has 11 heteroatoms. The van der Waals surface area contributed by atoms with E-state index in [1.54, 1.807) is 67.8 Å². The van der Waals surface area contributed by atoms with Crippen molar-refractivity contribution in [3.63, 3.8) is 0 Å². The fourth-order valence-corrected chi connectivity index (χ4v) is 3.84. The fraction of sp³-hybridized carbons (Fsp3) is 0.0833. The van der Waals surface area contributed by atoms with Crippen LogP contribution >= 0.6 is 11.8 Å². The maximum atomic E-state index is 14.0. The summed E-state index contributed by atoms with van der Waals surface area (Å²) in [6, 6.07) is 19.6. The largest absolute Gasteiger partial charge is 0.497 e. The standard InChI is InChI=1S/C24H21FN6O3S/c1-34-16-12-10-15(11-13-16)27-23(33)18-7-3-5-9-20(18)28-21(32)14-35-24-30-29-22(31(24)26)17-6-2-4-8-19(17)25/h2-13H,14,26H2,1H3,(H,27,33)(H,28,32). The average molecular weight is 493 g/mol. The van der Waals surface area contributed by atoms with Crippen molar-refractivity contribution in [2.75, 3.05) is 29.3 Å². The topological polar surface area (TPSA) is 124 Å². The molecule has 1 aromatic heterocycles. The molecular formula is C24H21FN6O3S. The predicted molar refractivity (Wildman–Crippen MR) is 132 cm³/mol. The van der Waals surface area contributed by atoms with Crippen molar-refractivity contribution in [3.05, 3.63) is 84.2 Å². The van der Waals surface area contributed by atoms with Gasteiger partial charge in [0.25, 0.3) is 5.91 Å². The minimum absolute atomic E-state index is 0.0545. The minimum atomic E-state index is -0.481. The number of benzene rings is 3. The number of halogens is 1. The Labute approximate surface area is 204 Å². The molecule has 0 radical (unpaired) electrons. The zero-order valence-corrected chi connectivity index (χ0v) is 19.4. The molecule has 9 nitrogen and oxygen atoms in total. The van der Waals surface area contributed by atoms with Crippen LogP contribution in [0.15, 0.2) is 78.0 Å². The van der Waals surface area contributed by atoms with Gasteiger partial charge in [-0.1, -0.05) is 36.0 Å². The number of aromatic nitrogens is 3. The maximum Gasteiger partial charge on any atom is 0.257 e. The average Bonchev–Trinajstić information content (AvgIpc) is 3.23. The molecule has 0 aliphatic heterocycles. The Morgan fingerprint density at radius 1 is 1.00 bits per heavy atom. The summed E-state index contributed by atoms with van der Waals surface area (Å²) in [4.78, 5) is 25.4. The number of para-hydroxylation sites is 1. The molecule has 0 spiro atoms. The second-order valence-electron chi connectivity index (χ2n) is 7.22. The highest BCUT2D eigenvalue weighted by molar-refractivity contribution is 7.99. The number of thioether (sulfide) groups is 1. The molecule has 0 fully saturated rings. The first-order chi connectivity index (χ1) is 17.0. The Kier molecular flexibility index (Phi) is 7.27. The zero-order valence-electron chi connectivity index (χ0n) is 18.6. The SMILES string of the molecule is COc1ccc(NC(=O)c2ccccc2NC(=O)CSc2nnc(-c3ccccc3F)n2N)cc1. The highest BCUT2D eigenvalue weighted by atomic mass is 32.2. The van der Waals surface area contributed by atoms with E-state index in [1.165, 1.54) is 12.1 Å². The van der Waals surface area contributed by atoms with Crippen molar-refractivity contribution in [1.82, 2.24) is 14.9 Å². The molecule has 2 amide bonds. The summed E-state index contributed by atoms with van der Waals surface area (Å²) in [5.74, 6) is 5.53. The number of amides is 2. The number of carbonyl (C=O) groups excluding carboxylic acids is 2. The van der Waals surface area contributed by atoms with Gasteiger partial charge < -0.3 is 21.2 Å². The molecule has 178 valence electrons. The molecule has 0 unspecified atom stereocenters. The molecule has 1 heterocycles.